The minimum Gasteiger partial charge on any atom is -0.481 e. The van der Waals surface area contributed by atoms with Crippen molar-refractivity contribution in [1.82, 2.24) is 4.90 Å². The minimum atomic E-state index is -0.823. The minimum absolute atomic E-state index is 0.0468. The van der Waals surface area contributed by atoms with Crippen LogP contribution in [0.3, 0.4) is 0 Å². The molecule has 102 valence electrons. The molecule has 1 aliphatic heterocycles. The van der Waals surface area contributed by atoms with Gasteiger partial charge in [-0.3, -0.25) is 9.59 Å². The Morgan fingerprint density at radius 2 is 2.00 bits per heavy atom. The summed E-state index contributed by atoms with van der Waals surface area (Å²) in [6.07, 6.45) is 0.746. The normalized spacial score (nSPS) is 23.5. The SMILES string of the molecule is CCN1C(=O)CC[C@@H](C(=O)O)[C@@H]1c1ccc(C)cc1. The van der Waals surface area contributed by atoms with E-state index in [1.165, 1.54) is 0 Å². The molecule has 0 aliphatic carbocycles. The van der Waals surface area contributed by atoms with Gasteiger partial charge >= 0.3 is 5.97 Å². The summed E-state index contributed by atoms with van der Waals surface area (Å²) < 4.78 is 0. The van der Waals surface area contributed by atoms with Crippen molar-refractivity contribution in [2.24, 2.45) is 5.92 Å². The summed E-state index contributed by atoms with van der Waals surface area (Å²) in [5.41, 5.74) is 2.04. The van der Waals surface area contributed by atoms with Crippen LogP contribution in [0.5, 0.6) is 0 Å². The first kappa shape index (κ1) is 13.6. The predicted octanol–water partition coefficient (Wildman–Crippen LogP) is 2.38. The number of benzene rings is 1. The fourth-order valence-corrected chi connectivity index (χ4v) is 2.76. The molecule has 0 unspecified atom stereocenters. The summed E-state index contributed by atoms with van der Waals surface area (Å²) >= 11 is 0. The fourth-order valence-electron chi connectivity index (χ4n) is 2.76. The zero-order valence-electron chi connectivity index (χ0n) is 11.3. The van der Waals surface area contributed by atoms with E-state index in [4.69, 9.17) is 0 Å². The highest BCUT2D eigenvalue weighted by molar-refractivity contribution is 5.81. The molecule has 1 saturated heterocycles. The average molecular weight is 261 g/mol. The Morgan fingerprint density at radius 1 is 1.37 bits per heavy atom. The highest BCUT2D eigenvalue weighted by Crippen LogP contribution is 2.36. The lowest BCUT2D eigenvalue weighted by Crippen LogP contribution is -2.45. The van der Waals surface area contributed by atoms with Gasteiger partial charge in [-0.15, -0.1) is 0 Å². The van der Waals surface area contributed by atoms with Gasteiger partial charge in [0.25, 0.3) is 0 Å². The first-order valence-corrected chi connectivity index (χ1v) is 6.63. The molecule has 19 heavy (non-hydrogen) atoms. The van der Waals surface area contributed by atoms with E-state index in [0.717, 1.165) is 11.1 Å². The van der Waals surface area contributed by atoms with Gasteiger partial charge in [0.2, 0.25) is 5.91 Å². The number of aliphatic carboxylic acids is 1. The molecule has 0 spiro atoms. The van der Waals surface area contributed by atoms with Gasteiger partial charge < -0.3 is 10.0 Å². The van der Waals surface area contributed by atoms with E-state index in [1.54, 1.807) is 4.90 Å². The van der Waals surface area contributed by atoms with Crippen LogP contribution >= 0.6 is 0 Å². The van der Waals surface area contributed by atoms with Crippen molar-refractivity contribution >= 4 is 11.9 Å². The highest BCUT2D eigenvalue weighted by Gasteiger charge is 2.39. The van der Waals surface area contributed by atoms with Gasteiger partial charge in [0.1, 0.15) is 0 Å². The molecule has 1 N–H and O–H groups in total. The largest absolute Gasteiger partial charge is 0.481 e. The smallest absolute Gasteiger partial charge is 0.308 e. The number of rotatable bonds is 3. The third-order valence-electron chi connectivity index (χ3n) is 3.78. The quantitative estimate of drug-likeness (QED) is 0.908. The molecule has 4 heteroatoms. The first-order valence-electron chi connectivity index (χ1n) is 6.63. The number of carbonyl (C=O) groups is 2. The van der Waals surface area contributed by atoms with Crippen molar-refractivity contribution in [2.45, 2.75) is 32.7 Å². The van der Waals surface area contributed by atoms with Gasteiger partial charge in [0.05, 0.1) is 12.0 Å². The highest BCUT2D eigenvalue weighted by atomic mass is 16.4. The topological polar surface area (TPSA) is 57.6 Å². The van der Waals surface area contributed by atoms with E-state index < -0.39 is 11.9 Å². The summed E-state index contributed by atoms with van der Waals surface area (Å²) in [7, 11) is 0. The number of amides is 1. The molecule has 1 aliphatic rings. The Morgan fingerprint density at radius 3 is 2.53 bits per heavy atom. The third-order valence-corrected chi connectivity index (χ3v) is 3.78. The molecular weight excluding hydrogens is 242 g/mol. The lowest BCUT2D eigenvalue weighted by atomic mass is 9.84. The molecule has 1 fully saturated rings. The van der Waals surface area contributed by atoms with Crippen LogP contribution in [-0.4, -0.2) is 28.4 Å². The van der Waals surface area contributed by atoms with E-state index in [1.807, 2.05) is 38.1 Å². The molecule has 0 saturated carbocycles. The molecule has 2 rings (SSSR count). The first-order chi connectivity index (χ1) is 9.04. The summed E-state index contributed by atoms with van der Waals surface area (Å²) in [6.45, 7) is 4.42. The number of carbonyl (C=O) groups excluding carboxylic acids is 1. The van der Waals surface area contributed by atoms with Crippen molar-refractivity contribution in [1.29, 1.82) is 0 Å². The van der Waals surface area contributed by atoms with E-state index >= 15 is 0 Å². The number of hydrogen-bond donors (Lipinski definition) is 1. The van der Waals surface area contributed by atoms with Crippen molar-refractivity contribution in [3.8, 4) is 0 Å². The molecule has 0 bridgehead atoms. The van der Waals surface area contributed by atoms with Crippen LogP contribution in [0.1, 0.15) is 36.9 Å². The molecule has 1 aromatic rings. The molecule has 2 atom stereocenters. The molecule has 0 aromatic heterocycles. The number of likely N-dealkylation sites (tertiary alicyclic amines) is 1. The summed E-state index contributed by atoms with van der Waals surface area (Å²) in [5.74, 6) is -1.29. The van der Waals surface area contributed by atoms with Crippen LogP contribution in [0.4, 0.5) is 0 Å². The third kappa shape index (κ3) is 2.62. The standard InChI is InChI=1S/C15H19NO3/c1-3-16-13(17)9-8-12(15(18)19)14(16)11-6-4-10(2)5-7-11/h4-7,12,14H,3,8-9H2,1-2H3,(H,18,19)/t12-,14+/m1/s1. The maximum atomic E-state index is 12.0. The van der Waals surface area contributed by atoms with Crippen LogP contribution in [0.2, 0.25) is 0 Å². The fraction of sp³-hybridized carbons (Fsp3) is 0.467. The van der Waals surface area contributed by atoms with Gasteiger partial charge in [0, 0.05) is 13.0 Å². The zero-order valence-corrected chi connectivity index (χ0v) is 11.3. The van der Waals surface area contributed by atoms with Gasteiger partial charge in [-0.2, -0.15) is 0 Å². The lowest BCUT2D eigenvalue weighted by Gasteiger charge is -2.39. The Hall–Kier alpha value is -1.84. The molecule has 1 aromatic carbocycles. The summed E-state index contributed by atoms with van der Waals surface area (Å²) in [5, 5.41) is 9.39. The van der Waals surface area contributed by atoms with Crippen molar-refractivity contribution in [3.63, 3.8) is 0 Å². The van der Waals surface area contributed by atoms with Gasteiger partial charge in [-0.05, 0) is 25.8 Å². The second-order valence-corrected chi connectivity index (χ2v) is 5.02. The van der Waals surface area contributed by atoms with Crippen molar-refractivity contribution in [3.05, 3.63) is 35.4 Å². The molecular formula is C15H19NO3. The van der Waals surface area contributed by atoms with Gasteiger partial charge in [-0.25, -0.2) is 0 Å². The van der Waals surface area contributed by atoms with Crippen LogP contribution in [0.15, 0.2) is 24.3 Å². The van der Waals surface area contributed by atoms with Gasteiger partial charge in [-0.1, -0.05) is 29.8 Å². The second kappa shape index (κ2) is 5.43. The van der Waals surface area contributed by atoms with Crippen LogP contribution in [0, 0.1) is 12.8 Å². The Labute approximate surface area is 113 Å². The average Bonchev–Trinajstić information content (AvgIpc) is 2.39. The van der Waals surface area contributed by atoms with Crippen LogP contribution in [-0.2, 0) is 9.59 Å². The lowest BCUT2D eigenvalue weighted by molar-refractivity contribution is -0.151. The monoisotopic (exact) mass is 261 g/mol. The Balaban J connectivity index is 2.40. The second-order valence-electron chi connectivity index (χ2n) is 5.02. The number of nitrogens with zero attached hydrogens (tertiary/aromatic N) is 1. The number of carboxylic acids is 1. The van der Waals surface area contributed by atoms with Crippen molar-refractivity contribution in [2.75, 3.05) is 6.54 Å². The van der Waals surface area contributed by atoms with E-state index in [0.29, 0.717) is 19.4 Å². The number of aryl methyl sites for hydroxylation is 1. The predicted molar refractivity (Wildman–Crippen MR) is 71.7 cm³/mol. The number of hydrogen-bond acceptors (Lipinski definition) is 2. The Kier molecular flexibility index (Phi) is 3.88. The summed E-state index contributed by atoms with van der Waals surface area (Å²) in [4.78, 5) is 25.1. The maximum absolute atomic E-state index is 12.0. The molecule has 1 amide bonds. The molecule has 1 heterocycles. The maximum Gasteiger partial charge on any atom is 0.308 e. The van der Waals surface area contributed by atoms with Crippen LogP contribution < -0.4 is 0 Å². The van der Waals surface area contributed by atoms with E-state index in [2.05, 4.69) is 0 Å². The van der Waals surface area contributed by atoms with Crippen molar-refractivity contribution < 1.29 is 14.7 Å². The molecule has 4 nitrogen and oxygen atoms in total. The number of carboxylic acid groups (broad SMARTS) is 1. The molecule has 0 radical (unpaired) electrons. The van der Waals surface area contributed by atoms with Gasteiger partial charge in [0.15, 0.2) is 0 Å². The Bertz CT molecular complexity index is 479. The number of piperidine rings is 1. The van der Waals surface area contributed by atoms with Crippen LogP contribution in [0.25, 0.3) is 0 Å². The zero-order chi connectivity index (χ0) is 14.0. The summed E-state index contributed by atoms with van der Waals surface area (Å²) in [6, 6.07) is 7.43. The van der Waals surface area contributed by atoms with E-state index in [-0.39, 0.29) is 11.9 Å². The van der Waals surface area contributed by atoms with E-state index in [9.17, 15) is 14.7 Å².